The van der Waals surface area contributed by atoms with Gasteiger partial charge in [-0.2, -0.15) is 0 Å². The van der Waals surface area contributed by atoms with E-state index in [1.807, 2.05) is 0 Å². The monoisotopic (exact) mass is 398 g/mol. The van der Waals surface area contributed by atoms with E-state index < -0.39 is 34.4 Å². The molecule has 0 N–H and O–H groups in total. The van der Waals surface area contributed by atoms with Gasteiger partial charge in [-0.15, -0.1) is 23.2 Å². The lowest BCUT2D eigenvalue weighted by atomic mass is 9.93. The molecule has 0 aliphatic rings. The number of hydrogen-bond acceptors (Lipinski definition) is 0. The Kier molecular flexibility index (Phi) is 5.54. The van der Waals surface area contributed by atoms with Crippen LogP contribution in [-0.2, 0) is 11.8 Å². The summed E-state index contributed by atoms with van der Waals surface area (Å²) in [5, 5.41) is 0. The Morgan fingerprint density at radius 2 is 0.846 bits per heavy atom. The van der Waals surface area contributed by atoms with Crippen LogP contribution >= 0.6 is 23.2 Å². The van der Waals surface area contributed by atoms with Crippen LogP contribution in [0.15, 0.2) is 48.5 Å². The summed E-state index contributed by atoms with van der Waals surface area (Å²) < 4.78 is 59.1. The third kappa shape index (κ3) is 3.08. The van der Waals surface area contributed by atoms with Crippen molar-refractivity contribution >= 4 is 23.2 Å². The molecule has 0 nitrogen and oxygen atoms in total. The van der Waals surface area contributed by atoms with Crippen molar-refractivity contribution in [2.24, 2.45) is 0 Å². The maximum atomic E-state index is 14.8. The van der Waals surface area contributed by atoms with Gasteiger partial charge in [-0.25, -0.2) is 17.6 Å². The highest BCUT2D eigenvalue weighted by atomic mass is 35.5. The van der Waals surface area contributed by atoms with E-state index in [0.29, 0.717) is 11.1 Å². The maximum absolute atomic E-state index is 14.8. The van der Waals surface area contributed by atoms with Gasteiger partial charge in [0.05, 0.1) is 11.1 Å². The van der Waals surface area contributed by atoms with E-state index in [4.69, 9.17) is 23.2 Å². The summed E-state index contributed by atoms with van der Waals surface area (Å²) in [6.07, 6.45) is 0. The van der Waals surface area contributed by atoms with Gasteiger partial charge in [-0.3, -0.25) is 0 Å². The van der Waals surface area contributed by atoms with E-state index in [1.165, 1.54) is 36.4 Å². The van der Waals surface area contributed by atoms with Crippen molar-refractivity contribution in [3.63, 3.8) is 0 Å². The van der Waals surface area contributed by atoms with E-state index >= 15 is 0 Å². The summed E-state index contributed by atoms with van der Waals surface area (Å²) >= 11 is 11.6. The molecule has 0 fully saturated rings. The molecular formula is C20H12Cl2F4. The van der Waals surface area contributed by atoms with Crippen molar-refractivity contribution in [2.45, 2.75) is 11.8 Å². The molecule has 0 aliphatic heterocycles. The third-order valence-corrected chi connectivity index (χ3v) is 4.70. The molecule has 3 aromatic rings. The van der Waals surface area contributed by atoms with Gasteiger partial charge in [0.1, 0.15) is 0 Å². The molecule has 26 heavy (non-hydrogen) atoms. The molecule has 0 aliphatic carbocycles. The minimum absolute atomic E-state index is 0.00692. The molecule has 0 heterocycles. The fraction of sp³-hybridized carbons (Fsp3) is 0.100. The zero-order valence-corrected chi connectivity index (χ0v) is 14.8. The summed E-state index contributed by atoms with van der Waals surface area (Å²) in [6, 6.07) is 12.1. The first-order valence-corrected chi connectivity index (χ1v) is 8.72. The van der Waals surface area contributed by atoms with Crippen molar-refractivity contribution in [2.75, 3.05) is 0 Å². The number of halogens is 6. The van der Waals surface area contributed by atoms with Gasteiger partial charge < -0.3 is 0 Å². The summed E-state index contributed by atoms with van der Waals surface area (Å²) in [6.45, 7) is 0. The second kappa shape index (κ2) is 7.68. The highest BCUT2D eigenvalue weighted by molar-refractivity contribution is 6.17. The lowest BCUT2D eigenvalue weighted by Gasteiger charge is -2.15. The molecule has 0 bridgehead atoms. The number of hydrogen-bond donors (Lipinski definition) is 0. The molecule has 0 amide bonds. The van der Waals surface area contributed by atoms with Gasteiger partial charge in [0.2, 0.25) is 0 Å². The average Bonchev–Trinajstić information content (AvgIpc) is 2.67. The summed E-state index contributed by atoms with van der Waals surface area (Å²) in [4.78, 5) is 0. The molecule has 0 saturated carbocycles. The van der Waals surface area contributed by atoms with Crippen molar-refractivity contribution < 1.29 is 17.6 Å². The van der Waals surface area contributed by atoms with Crippen molar-refractivity contribution in [1.82, 2.24) is 0 Å². The highest BCUT2D eigenvalue weighted by Crippen LogP contribution is 2.39. The van der Waals surface area contributed by atoms with Crippen molar-refractivity contribution in [3.8, 4) is 22.3 Å². The Bertz CT molecular complexity index is 863. The summed E-state index contributed by atoms with van der Waals surface area (Å²) in [5.74, 6) is -6.01. The van der Waals surface area contributed by atoms with Gasteiger partial charge in [-0.05, 0) is 22.3 Å². The van der Waals surface area contributed by atoms with Crippen LogP contribution in [0, 0.1) is 23.3 Å². The second-order valence-corrected chi connectivity index (χ2v) is 6.12. The quantitative estimate of drug-likeness (QED) is 0.250. The summed E-state index contributed by atoms with van der Waals surface area (Å²) in [7, 11) is 0. The van der Waals surface area contributed by atoms with Crippen LogP contribution in [0.25, 0.3) is 22.3 Å². The van der Waals surface area contributed by atoms with E-state index in [1.54, 1.807) is 12.1 Å². The molecule has 3 aromatic carbocycles. The molecule has 0 saturated heterocycles. The molecule has 0 radical (unpaired) electrons. The normalized spacial score (nSPS) is 11.0. The van der Waals surface area contributed by atoms with Crippen LogP contribution in [0.1, 0.15) is 11.1 Å². The molecule has 3 rings (SSSR count). The number of rotatable bonds is 4. The van der Waals surface area contributed by atoms with E-state index in [0.717, 1.165) is 0 Å². The topological polar surface area (TPSA) is 0 Å². The smallest absolute Gasteiger partial charge is 0.170 e. The fourth-order valence-corrected chi connectivity index (χ4v) is 3.33. The first-order chi connectivity index (χ1) is 12.5. The zero-order valence-electron chi connectivity index (χ0n) is 13.3. The number of benzene rings is 3. The minimum Gasteiger partial charge on any atom is -0.203 e. The molecule has 6 heteroatoms. The lowest BCUT2D eigenvalue weighted by molar-refractivity contribution is 0.462. The van der Waals surface area contributed by atoms with E-state index in [-0.39, 0.29) is 22.9 Å². The molecular weight excluding hydrogens is 387 g/mol. The Morgan fingerprint density at radius 3 is 1.15 bits per heavy atom. The van der Waals surface area contributed by atoms with Gasteiger partial charge >= 0.3 is 0 Å². The Balaban J connectivity index is 2.34. The van der Waals surface area contributed by atoms with Crippen LogP contribution in [-0.4, -0.2) is 0 Å². The van der Waals surface area contributed by atoms with E-state index in [9.17, 15) is 17.6 Å². The standard InChI is InChI=1S/C20H12Cl2F4/c21-9-11-5-1-3-7-13(11)15-17(23)19(25)16(20(26)18(15)24)14-8-4-2-6-12(14)10-22/h1-8H,9-10H2. The van der Waals surface area contributed by atoms with Gasteiger partial charge in [0.25, 0.3) is 0 Å². The molecule has 0 aromatic heterocycles. The van der Waals surface area contributed by atoms with Crippen LogP contribution in [0.5, 0.6) is 0 Å². The molecule has 0 unspecified atom stereocenters. The molecule has 134 valence electrons. The zero-order chi connectivity index (χ0) is 18.8. The fourth-order valence-electron chi connectivity index (χ4n) is 2.87. The van der Waals surface area contributed by atoms with Crippen molar-refractivity contribution in [3.05, 3.63) is 82.9 Å². The first-order valence-electron chi connectivity index (χ1n) is 7.65. The first kappa shape index (κ1) is 18.7. The minimum atomic E-state index is -1.47. The van der Waals surface area contributed by atoms with Gasteiger partial charge in [0, 0.05) is 11.8 Å². The Hall–Kier alpha value is -2.04. The SMILES string of the molecule is Fc1c(F)c(-c2ccccc2CCl)c(F)c(F)c1-c1ccccc1CCl. The van der Waals surface area contributed by atoms with Crippen LogP contribution < -0.4 is 0 Å². The highest BCUT2D eigenvalue weighted by Gasteiger charge is 2.28. The van der Waals surface area contributed by atoms with Crippen LogP contribution in [0.3, 0.4) is 0 Å². The third-order valence-electron chi connectivity index (χ3n) is 4.12. The van der Waals surface area contributed by atoms with Gasteiger partial charge in [0.15, 0.2) is 23.3 Å². The largest absolute Gasteiger partial charge is 0.203 e. The number of alkyl halides is 2. The average molecular weight is 399 g/mol. The van der Waals surface area contributed by atoms with Gasteiger partial charge in [-0.1, -0.05) is 48.5 Å². The molecule has 0 atom stereocenters. The lowest BCUT2D eigenvalue weighted by Crippen LogP contribution is -2.05. The summed E-state index contributed by atoms with van der Waals surface area (Å²) in [5.41, 5.74) is -0.814. The van der Waals surface area contributed by atoms with E-state index in [2.05, 4.69) is 0 Å². The predicted octanol–water partition coefficient (Wildman–Crippen LogP) is 7.05. The predicted molar refractivity (Wildman–Crippen MR) is 96.3 cm³/mol. The molecule has 0 spiro atoms. The maximum Gasteiger partial charge on any atom is 0.170 e. The van der Waals surface area contributed by atoms with Crippen molar-refractivity contribution in [1.29, 1.82) is 0 Å². The Labute approximate surface area is 158 Å². The Morgan fingerprint density at radius 1 is 0.538 bits per heavy atom. The van der Waals surface area contributed by atoms with Crippen LogP contribution in [0.4, 0.5) is 17.6 Å². The second-order valence-electron chi connectivity index (χ2n) is 5.59. The van der Waals surface area contributed by atoms with Crippen LogP contribution in [0.2, 0.25) is 0 Å².